The Bertz CT molecular complexity index is 973. The summed E-state index contributed by atoms with van der Waals surface area (Å²) in [5, 5.41) is 0. The summed E-state index contributed by atoms with van der Waals surface area (Å²) in [5.74, 6) is 6.27. The topological polar surface area (TPSA) is 18.5 Å². The van der Waals surface area contributed by atoms with Crippen LogP contribution in [-0.4, -0.2) is 25.7 Å². The first-order chi connectivity index (χ1) is 18.7. The van der Waals surface area contributed by atoms with Crippen LogP contribution in [0.15, 0.2) is 37.6 Å². The summed E-state index contributed by atoms with van der Waals surface area (Å²) < 4.78 is 20.4. The standard InChI is InChI=1S/C28H38O2S8/c1-5-7-9-11-15-31-23-24(32-16-12-10-8-6-2)36-27(35-23)28-37-25-26(38-28)34-18-20-19(17-33-25)21(29-3)13-14-22(20)30-4/h13-14H,5-12,15-18H2,1-4H3. The van der Waals surface area contributed by atoms with E-state index in [9.17, 15) is 0 Å². The van der Waals surface area contributed by atoms with Crippen LogP contribution in [0.25, 0.3) is 0 Å². The first kappa shape index (κ1) is 31.8. The smallest absolute Gasteiger partial charge is 0.123 e. The average Bonchev–Trinajstić information content (AvgIpc) is 3.52. The molecule has 1 aromatic carbocycles. The Hall–Kier alpha value is 0.840. The molecule has 3 aliphatic rings. The molecule has 0 bridgehead atoms. The number of rotatable bonds is 14. The zero-order valence-corrected chi connectivity index (χ0v) is 29.3. The van der Waals surface area contributed by atoms with Crippen molar-refractivity contribution in [1.29, 1.82) is 0 Å². The van der Waals surface area contributed by atoms with Gasteiger partial charge in [0.15, 0.2) is 0 Å². The second-order valence-electron chi connectivity index (χ2n) is 8.96. The van der Waals surface area contributed by atoms with Gasteiger partial charge in [-0.15, -0.1) is 47.0 Å². The zero-order valence-electron chi connectivity index (χ0n) is 22.7. The fourth-order valence-corrected chi connectivity index (χ4v) is 16.3. The van der Waals surface area contributed by atoms with E-state index >= 15 is 0 Å². The SMILES string of the molecule is CCCCCCSC1=C(SCCCCCC)SC(=C2SC3=C(SCc4c(OC)ccc(OC)c4CS3)S2)S1. The lowest BCUT2D eigenvalue weighted by Crippen LogP contribution is -2.01. The van der Waals surface area contributed by atoms with Crippen molar-refractivity contribution in [2.45, 2.75) is 76.7 Å². The summed E-state index contributed by atoms with van der Waals surface area (Å²) in [6.45, 7) is 4.59. The number of hydrogen-bond donors (Lipinski definition) is 0. The van der Waals surface area contributed by atoms with Crippen molar-refractivity contribution < 1.29 is 9.47 Å². The predicted octanol–water partition coefficient (Wildman–Crippen LogP) is 12.2. The highest BCUT2D eigenvalue weighted by molar-refractivity contribution is 8.45. The van der Waals surface area contributed by atoms with E-state index in [-0.39, 0.29) is 0 Å². The van der Waals surface area contributed by atoms with E-state index in [4.69, 9.17) is 9.47 Å². The van der Waals surface area contributed by atoms with Crippen LogP contribution in [0, 0.1) is 0 Å². The quantitative estimate of drug-likeness (QED) is 0.178. The number of benzene rings is 1. The summed E-state index contributed by atoms with van der Waals surface area (Å²) in [6, 6.07) is 4.09. The largest absolute Gasteiger partial charge is 0.496 e. The van der Waals surface area contributed by atoms with Gasteiger partial charge in [0, 0.05) is 22.6 Å². The van der Waals surface area contributed by atoms with Gasteiger partial charge in [0.2, 0.25) is 0 Å². The van der Waals surface area contributed by atoms with Gasteiger partial charge in [-0.2, -0.15) is 0 Å². The Labute approximate surface area is 264 Å². The van der Waals surface area contributed by atoms with Crippen LogP contribution in [0.5, 0.6) is 11.5 Å². The summed E-state index contributed by atoms with van der Waals surface area (Å²) >= 11 is 16.2. The summed E-state index contributed by atoms with van der Waals surface area (Å²) in [7, 11) is 3.54. The van der Waals surface area contributed by atoms with Crippen molar-refractivity contribution in [3.05, 3.63) is 48.7 Å². The number of methoxy groups -OCH3 is 2. The molecular weight excluding hydrogens is 625 g/mol. The van der Waals surface area contributed by atoms with Crippen LogP contribution in [0.1, 0.15) is 76.3 Å². The lowest BCUT2D eigenvalue weighted by atomic mass is 10.1. The Morgan fingerprint density at radius 1 is 0.605 bits per heavy atom. The maximum atomic E-state index is 5.72. The molecule has 10 heteroatoms. The summed E-state index contributed by atoms with van der Waals surface area (Å²) in [6.07, 6.45) is 10.7. The van der Waals surface area contributed by atoms with E-state index in [1.165, 1.54) is 90.9 Å². The molecule has 0 aliphatic carbocycles. The van der Waals surface area contributed by atoms with Gasteiger partial charge >= 0.3 is 0 Å². The number of fused-ring (bicyclic) bond motifs is 1. The highest BCUT2D eigenvalue weighted by Gasteiger charge is 2.32. The highest BCUT2D eigenvalue weighted by atomic mass is 32.3. The molecule has 0 spiro atoms. The van der Waals surface area contributed by atoms with E-state index in [1.807, 2.05) is 82.7 Å². The molecular formula is C28H38O2S8. The first-order valence-electron chi connectivity index (χ1n) is 13.4. The summed E-state index contributed by atoms with van der Waals surface area (Å²) in [5.41, 5.74) is 2.55. The molecule has 0 saturated carbocycles. The van der Waals surface area contributed by atoms with Crippen LogP contribution in [0.3, 0.4) is 0 Å². The van der Waals surface area contributed by atoms with Gasteiger partial charge in [-0.05, 0) is 36.5 Å². The monoisotopic (exact) mass is 662 g/mol. The van der Waals surface area contributed by atoms with E-state index in [0.717, 1.165) is 23.0 Å². The highest BCUT2D eigenvalue weighted by Crippen LogP contribution is 2.67. The molecule has 0 aromatic heterocycles. The van der Waals surface area contributed by atoms with Crippen molar-refractivity contribution in [1.82, 2.24) is 0 Å². The molecule has 2 nitrogen and oxygen atoms in total. The third kappa shape index (κ3) is 8.68. The minimum atomic E-state index is 0.918. The van der Waals surface area contributed by atoms with E-state index < -0.39 is 0 Å². The lowest BCUT2D eigenvalue weighted by molar-refractivity contribution is 0.397. The predicted molar refractivity (Wildman–Crippen MR) is 187 cm³/mol. The van der Waals surface area contributed by atoms with Gasteiger partial charge in [0.1, 0.15) is 11.5 Å². The maximum absolute atomic E-state index is 5.72. The fourth-order valence-electron chi connectivity index (χ4n) is 4.08. The summed E-state index contributed by atoms with van der Waals surface area (Å²) in [4.78, 5) is 0. The molecule has 0 fully saturated rings. The Morgan fingerprint density at radius 3 is 1.47 bits per heavy atom. The number of hydrogen-bond acceptors (Lipinski definition) is 10. The van der Waals surface area contributed by atoms with Crippen molar-refractivity contribution in [2.75, 3.05) is 25.7 Å². The fraction of sp³-hybridized carbons (Fsp3) is 0.571. The minimum Gasteiger partial charge on any atom is -0.496 e. The van der Waals surface area contributed by atoms with Crippen molar-refractivity contribution >= 4 is 94.1 Å². The molecule has 3 aliphatic heterocycles. The van der Waals surface area contributed by atoms with E-state index in [2.05, 4.69) is 37.4 Å². The van der Waals surface area contributed by atoms with Gasteiger partial charge in [-0.25, -0.2) is 0 Å². The van der Waals surface area contributed by atoms with Crippen LogP contribution < -0.4 is 9.47 Å². The minimum absolute atomic E-state index is 0.918. The number of thioether (sulfide) groups is 8. The molecule has 0 N–H and O–H groups in total. The molecule has 0 unspecified atom stereocenters. The maximum Gasteiger partial charge on any atom is 0.123 e. The molecule has 38 heavy (non-hydrogen) atoms. The lowest BCUT2D eigenvalue weighted by Gasteiger charge is -2.19. The Morgan fingerprint density at radius 2 is 1.05 bits per heavy atom. The molecule has 210 valence electrons. The molecule has 3 heterocycles. The third-order valence-electron chi connectivity index (χ3n) is 6.18. The van der Waals surface area contributed by atoms with Gasteiger partial charge in [0.25, 0.3) is 0 Å². The molecule has 1 aromatic rings. The van der Waals surface area contributed by atoms with Crippen LogP contribution in [-0.2, 0) is 11.5 Å². The molecule has 0 radical (unpaired) electrons. The van der Waals surface area contributed by atoms with E-state index in [0.29, 0.717) is 0 Å². The van der Waals surface area contributed by atoms with Crippen LogP contribution in [0.2, 0.25) is 0 Å². The first-order valence-corrected chi connectivity index (χ1v) is 20.6. The number of ether oxygens (including phenoxy) is 2. The van der Waals surface area contributed by atoms with Gasteiger partial charge in [-0.1, -0.05) is 99.4 Å². The Balaban J connectivity index is 1.42. The van der Waals surface area contributed by atoms with Crippen LogP contribution >= 0.6 is 94.1 Å². The molecule has 0 amide bonds. The van der Waals surface area contributed by atoms with Gasteiger partial charge in [-0.3, -0.25) is 0 Å². The zero-order chi connectivity index (χ0) is 26.7. The van der Waals surface area contributed by atoms with Crippen molar-refractivity contribution in [3.63, 3.8) is 0 Å². The van der Waals surface area contributed by atoms with Crippen molar-refractivity contribution in [2.24, 2.45) is 0 Å². The second-order valence-corrected chi connectivity index (χ2v) is 18.8. The Kier molecular flexibility index (Phi) is 14.3. The molecule has 0 atom stereocenters. The number of unbranched alkanes of at least 4 members (excludes halogenated alkanes) is 6. The van der Waals surface area contributed by atoms with E-state index in [1.54, 1.807) is 22.7 Å². The normalized spacial score (nSPS) is 17.6. The van der Waals surface area contributed by atoms with Gasteiger partial charge in [0.05, 0.1) is 39.6 Å². The molecule has 0 saturated heterocycles. The third-order valence-corrected chi connectivity index (χ3v) is 18.0. The van der Waals surface area contributed by atoms with Gasteiger partial charge < -0.3 is 9.47 Å². The van der Waals surface area contributed by atoms with Crippen molar-refractivity contribution in [3.8, 4) is 11.5 Å². The van der Waals surface area contributed by atoms with Crippen LogP contribution in [0.4, 0.5) is 0 Å². The molecule has 4 rings (SSSR count). The average molecular weight is 663 g/mol. The second kappa shape index (κ2) is 17.1.